The zero-order chi connectivity index (χ0) is 15.8. The van der Waals surface area contributed by atoms with Gasteiger partial charge in [0.2, 0.25) is 0 Å². The summed E-state index contributed by atoms with van der Waals surface area (Å²) < 4.78 is 59.3. The van der Waals surface area contributed by atoms with E-state index in [4.69, 9.17) is 18.3 Å². The highest BCUT2D eigenvalue weighted by atomic mass is 32.3. The van der Waals surface area contributed by atoms with Crippen molar-refractivity contribution in [1.29, 1.82) is 0 Å². The minimum Gasteiger partial charge on any atom is -0.454 e. The fourth-order valence-corrected chi connectivity index (χ4v) is 2.46. The second-order valence-corrected chi connectivity index (χ2v) is 6.57. The molecular formula is C9H19O9PS. The molecule has 0 aliphatic carbocycles. The molecule has 120 valence electrons. The van der Waals surface area contributed by atoms with Gasteiger partial charge in [0.15, 0.2) is 0 Å². The van der Waals surface area contributed by atoms with E-state index in [9.17, 15) is 17.8 Å². The fraction of sp³-hybridized carbons (Fsp3) is 0.889. The molecule has 9 nitrogen and oxygen atoms in total. The first-order chi connectivity index (χ1) is 9.14. The van der Waals surface area contributed by atoms with Crippen LogP contribution in [0.5, 0.6) is 0 Å². The van der Waals surface area contributed by atoms with Gasteiger partial charge in [-0.1, -0.05) is 6.92 Å². The van der Waals surface area contributed by atoms with Crippen LogP contribution in [0.25, 0.3) is 0 Å². The first kappa shape index (κ1) is 19.5. The molecular weight excluding hydrogens is 315 g/mol. The highest BCUT2D eigenvalue weighted by Gasteiger charge is 2.37. The molecule has 0 amide bonds. The zero-order valence-corrected chi connectivity index (χ0v) is 13.2. The number of hydrogen-bond donors (Lipinski definition) is 1. The average molecular weight is 334 g/mol. The molecule has 0 aromatic carbocycles. The van der Waals surface area contributed by atoms with Crippen LogP contribution in [0, 0.1) is 0 Å². The molecule has 0 aromatic heterocycles. The Kier molecular flexibility index (Phi) is 8.48. The molecule has 0 fully saturated rings. The maximum Gasteiger partial charge on any atom is 0.438 e. The smallest absolute Gasteiger partial charge is 0.438 e. The van der Waals surface area contributed by atoms with E-state index in [0.717, 1.165) is 0 Å². The summed E-state index contributed by atoms with van der Waals surface area (Å²) in [6, 6.07) is 0. The van der Waals surface area contributed by atoms with E-state index in [1.165, 1.54) is 6.92 Å². The number of carbonyl (C=O) groups is 1. The minimum absolute atomic E-state index is 0.0635. The van der Waals surface area contributed by atoms with Gasteiger partial charge in [-0.2, -0.15) is 8.42 Å². The third kappa shape index (κ3) is 7.93. The van der Waals surface area contributed by atoms with Crippen LogP contribution in [0.2, 0.25) is 0 Å². The summed E-state index contributed by atoms with van der Waals surface area (Å²) in [5.74, 6) is 0. The molecule has 11 heteroatoms. The van der Waals surface area contributed by atoms with Crippen LogP contribution in [0.3, 0.4) is 0 Å². The van der Waals surface area contributed by atoms with E-state index in [1.54, 1.807) is 13.8 Å². The van der Waals surface area contributed by atoms with Crippen LogP contribution in [0.1, 0.15) is 27.2 Å². The van der Waals surface area contributed by atoms with E-state index < -0.39 is 43.0 Å². The van der Waals surface area contributed by atoms with Crippen molar-refractivity contribution in [3.63, 3.8) is 0 Å². The molecule has 0 heterocycles. The summed E-state index contributed by atoms with van der Waals surface area (Å²) in [6.07, 6.45) is 0.0537. The first-order valence-corrected chi connectivity index (χ1v) is 8.77. The number of rotatable bonds is 10. The molecule has 0 aliphatic rings. The third-order valence-corrected chi connectivity index (χ3v) is 4.11. The Balaban J connectivity index is 4.52. The Bertz CT molecular complexity index is 446. The molecule has 1 N–H and O–H groups in total. The average Bonchev–Trinajstić information content (AvgIpc) is 2.33. The van der Waals surface area contributed by atoms with Gasteiger partial charge in [0.25, 0.3) is 0 Å². The van der Waals surface area contributed by atoms with Crippen LogP contribution < -0.4 is 0 Å². The quantitative estimate of drug-likeness (QED) is 0.362. The molecule has 0 rings (SSSR count). The maximum atomic E-state index is 12.1. The predicted octanol–water partition coefficient (Wildman–Crippen LogP) is 1.99. The van der Waals surface area contributed by atoms with Crippen molar-refractivity contribution in [3.05, 3.63) is 0 Å². The molecule has 0 saturated heterocycles. The van der Waals surface area contributed by atoms with Gasteiger partial charge in [0.05, 0.1) is 25.9 Å². The molecule has 20 heavy (non-hydrogen) atoms. The molecule has 0 bridgehead atoms. The van der Waals surface area contributed by atoms with Crippen molar-refractivity contribution in [2.24, 2.45) is 0 Å². The summed E-state index contributed by atoms with van der Waals surface area (Å²) >= 11 is 0. The highest BCUT2D eigenvalue weighted by molar-refractivity contribution is 7.80. The van der Waals surface area contributed by atoms with Crippen LogP contribution in [-0.4, -0.2) is 44.6 Å². The van der Waals surface area contributed by atoms with E-state index in [-0.39, 0.29) is 6.61 Å². The van der Waals surface area contributed by atoms with Gasteiger partial charge in [-0.3, -0.25) is 9.08 Å². The van der Waals surface area contributed by atoms with Crippen molar-refractivity contribution < 1.29 is 40.3 Å². The highest BCUT2D eigenvalue weighted by Crippen LogP contribution is 2.50. The minimum atomic E-state index is -4.62. The Morgan fingerprint density at radius 1 is 1.25 bits per heavy atom. The summed E-state index contributed by atoms with van der Waals surface area (Å²) in [5, 5.41) is 0. The summed E-state index contributed by atoms with van der Waals surface area (Å²) in [7, 11) is -8.80. The van der Waals surface area contributed by atoms with Gasteiger partial charge in [0, 0.05) is 0 Å². The molecule has 0 saturated carbocycles. The topological polar surface area (TPSA) is 125 Å². The third-order valence-electron chi connectivity index (χ3n) is 1.98. The van der Waals surface area contributed by atoms with Gasteiger partial charge < -0.3 is 9.26 Å². The molecule has 0 radical (unpaired) electrons. The fourth-order valence-electron chi connectivity index (χ4n) is 0.929. The molecule has 0 aromatic rings. The maximum absolute atomic E-state index is 12.1. The van der Waals surface area contributed by atoms with Gasteiger partial charge in [0.1, 0.15) is 0 Å². The summed E-state index contributed by atoms with van der Waals surface area (Å²) in [6.45, 7) is 3.66. The SMILES string of the molecule is CCOP(=O)(OCCOS(=O)(=O)O)C(=O)OC(C)CC. The first-order valence-electron chi connectivity index (χ1n) is 5.86. The van der Waals surface area contributed by atoms with Crippen LogP contribution >= 0.6 is 7.60 Å². The predicted molar refractivity (Wildman–Crippen MR) is 68.9 cm³/mol. The second kappa shape index (κ2) is 8.71. The number of carbonyl (C=O) groups excluding carboxylic acids is 1. The van der Waals surface area contributed by atoms with Crippen molar-refractivity contribution in [2.75, 3.05) is 19.8 Å². The van der Waals surface area contributed by atoms with Crippen molar-refractivity contribution in [3.8, 4) is 0 Å². The van der Waals surface area contributed by atoms with Crippen LogP contribution in [0.15, 0.2) is 0 Å². The molecule has 2 atom stereocenters. The van der Waals surface area contributed by atoms with E-state index in [0.29, 0.717) is 6.42 Å². The lowest BCUT2D eigenvalue weighted by molar-refractivity contribution is 0.108. The largest absolute Gasteiger partial charge is 0.454 e. The van der Waals surface area contributed by atoms with E-state index >= 15 is 0 Å². The molecule has 0 aliphatic heterocycles. The number of hydrogen-bond acceptors (Lipinski definition) is 8. The van der Waals surface area contributed by atoms with Crippen LogP contribution in [0.4, 0.5) is 4.79 Å². The lowest BCUT2D eigenvalue weighted by Crippen LogP contribution is -2.17. The Hall–Kier alpha value is -0.510. The monoisotopic (exact) mass is 334 g/mol. The standard InChI is InChI=1S/C9H19O9PS/c1-4-8(3)18-9(10)19(11,15-5-2)16-6-7-17-20(12,13)14/h8H,4-7H2,1-3H3,(H,12,13,14). The van der Waals surface area contributed by atoms with E-state index in [2.05, 4.69) is 4.18 Å². The molecule has 2 unspecified atom stereocenters. The van der Waals surface area contributed by atoms with Crippen LogP contribution in [-0.2, 0) is 32.9 Å². The van der Waals surface area contributed by atoms with Crippen molar-refractivity contribution in [1.82, 2.24) is 0 Å². The second-order valence-electron chi connectivity index (χ2n) is 3.60. The summed E-state index contributed by atoms with van der Waals surface area (Å²) in [4.78, 5) is 11.7. The van der Waals surface area contributed by atoms with Gasteiger partial charge in [-0.05, 0) is 20.3 Å². The Morgan fingerprint density at radius 2 is 1.85 bits per heavy atom. The van der Waals surface area contributed by atoms with E-state index in [1.807, 2.05) is 0 Å². The van der Waals surface area contributed by atoms with Gasteiger partial charge >= 0.3 is 23.7 Å². The lowest BCUT2D eigenvalue weighted by Gasteiger charge is -2.18. The zero-order valence-electron chi connectivity index (χ0n) is 11.5. The van der Waals surface area contributed by atoms with Gasteiger partial charge in [-0.15, -0.1) is 0 Å². The van der Waals surface area contributed by atoms with Crippen molar-refractivity contribution >= 4 is 23.7 Å². The normalized spacial score (nSPS) is 16.4. The Morgan fingerprint density at radius 3 is 2.30 bits per heavy atom. The lowest BCUT2D eigenvalue weighted by atomic mass is 10.3. The van der Waals surface area contributed by atoms with Gasteiger partial charge in [-0.25, -0.2) is 13.5 Å². The summed E-state index contributed by atoms with van der Waals surface area (Å²) in [5.41, 5.74) is -1.15. The molecule has 0 spiro atoms. The Labute approximate surface area is 118 Å². The number of ether oxygens (including phenoxy) is 1. The van der Waals surface area contributed by atoms with Crippen molar-refractivity contribution in [2.45, 2.75) is 33.3 Å².